The monoisotopic (exact) mass is 363 g/mol. The lowest BCUT2D eigenvalue weighted by atomic mass is 10.0. The molecule has 0 radical (unpaired) electrons. The highest BCUT2D eigenvalue weighted by Crippen LogP contribution is 2.48. The van der Waals surface area contributed by atoms with Crippen molar-refractivity contribution in [2.45, 2.75) is 0 Å². The second-order valence-corrected chi connectivity index (χ2v) is 8.08. The van der Waals surface area contributed by atoms with Gasteiger partial charge >= 0.3 is 0 Å². The average Bonchev–Trinajstić information content (AvgIpc) is 3.38. The molecule has 3 heterocycles. The number of rotatable bonds is 0. The van der Waals surface area contributed by atoms with Crippen LogP contribution >= 0.6 is 11.3 Å². The predicted molar refractivity (Wildman–Crippen MR) is 116 cm³/mol. The van der Waals surface area contributed by atoms with Crippen molar-refractivity contribution in [3.63, 3.8) is 0 Å². The van der Waals surface area contributed by atoms with Crippen LogP contribution in [0.4, 0.5) is 0 Å². The van der Waals surface area contributed by atoms with Crippen LogP contribution in [0.15, 0.2) is 77.2 Å². The number of hydrogen-bond acceptors (Lipinski definition) is 2. The van der Waals surface area contributed by atoms with Gasteiger partial charge in [0.1, 0.15) is 11.2 Å². The largest absolute Gasteiger partial charge is 0.455 e. The Morgan fingerprint density at radius 2 is 1.41 bits per heavy atom. The van der Waals surface area contributed by atoms with E-state index in [-0.39, 0.29) is 0 Å². The number of aromatic nitrogens is 1. The molecule has 0 saturated carbocycles. The first-order valence-corrected chi connectivity index (χ1v) is 9.87. The van der Waals surface area contributed by atoms with Gasteiger partial charge in [0, 0.05) is 41.8 Å². The van der Waals surface area contributed by atoms with Crippen molar-refractivity contribution < 1.29 is 4.42 Å². The minimum Gasteiger partial charge on any atom is -0.455 e. The van der Waals surface area contributed by atoms with Crippen LogP contribution in [-0.4, -0.2) is 4.98 Å². The van der Waals surface area contributed by atoms with E-state index in [1.54, 1.807) is 0 Å². The third-order valence-corrected chi connectivity index (χ3v) is 6.79. The molecule has 3 aromatic heterocycles. The summed E-state index contributed by atoms with van der Waals surface area (Å²) >= 11 is 1.86. The number of fused-ring (bicyclic) bond motifs is 12. The molecular weight excluding hydrogens is 350 g/mol. The van der Waals surface area contributed by atoms with E-state index in [9.17, 15) is 0 Å². The van der Waals surface area contributed by atoms with E-state index >= 15 is 0 Å². The van der Waals surface area contributed by atoms with Gasteiger partial charge in [0.2, 0.25) is 0 Å². The van der Waals surface area contributed by atoms with Gasteiger partial charge in [-0.05, 0) is 18.2 Å². The number of benzene rings is 4. The smallest absolute Gasteiger partial charge is 0.146 e. The van der Waals surface area contributed by atoms with Crippen molar-refractivity contribution >= 4 is 75.3 Å². The second-order valence-electron chi connectivity index (χ2n) is 7.03. The van der Waals surface area contributed by atoms with Crippen LogP contribution in [0.1, 0.15) is 0 Å². The Labute approximate surface area is 157 Å². The summed E-state index contributed by atoms with van der Waals surface area (Å²) in [4.78, 5) is 3.68. The van der Waals surface area contributed by atoms with Gasteiger partial charge in [-0.25, -0.2) is 0 Å². The number of furan rings is 1. The van der Waals surface area contributed by atoms with Crippen LogP contribution in [0.5, 0.6) is 0 Å². The SMILES string of the molecule is c1ccc2c(c1)[nH]c1c2c2oc3ccccc3c2c2sc3ccccc3c12. The summed E-state index contributed by atoms with van der Waals surface area (Å²) in [6, 6.07) is 25.6. The first kappa shape index (κ1) is 13.8. The summed E-state index contributed by atoms with van der Waals surface area (Å²) in [6.45, 7) is 0. The fourth-order valence-electron chi connectivity index (χ4n) is 4.48. The molecule has 0 aliphatic rings. The van der Waals surface area contributed by atoms with Crippen molar-refractivity contribution in [2.75, 3.05) is 0 Å². The molecule has 0 aliphatic carbocycles. The Balaban J connectivity index is 1.95. The lowest BCUT2D eigenvalue weighted by Crippen LogP contribution is -1.75. The normalized spacial score (nSPS) is 12.4. The fourth-order valence-corrected chi connectivity index (χ4v) is 5.75. The Bertz CT molecular complexity index is 1450. The third-order valence-electron chi connectivity index (χ3n) is 5.60. The summed E-state index contributed by atoms with van der Waals surface area (Å²) in [5.74, 6) is 0. The maximum Gasteiger partial charge on any atom is 0.146 e. The van der Waals surface area contributed by atoms with Crippen LogP contribution in [0.2, 0.25) is 0 Å². The highest BCUT2D eigenvalue weighted by molar-refractivity contribution is 7.27. The molecule has 0 unspecified atom stereocenters. The van der Waals surface area contributed by atoms with Crippen LogP contribution in [0.25, 0.3) is 63.9 Å². The summed E-state index contributed by atoms with van der Waals surface area (Å²) in [5, 5.41) is 7.44. The van der Waals surface area contributed by atoms with E-state index in [0.717, 1.165) is 16.7 Å². The molecule has 0 spiro atoms. The number of hydrogen-bond donors (Lipinski definition) is 1. The molecule has 4 aromatic carbocycles. The summed E-state index contributed by atoms with van der Waals surface area (Å²) in [5.41, 5.74) is 4.26. The quantitative estimate of drug-likeness (QED) is 0.295. The van der Waals surface area contributed by atoms with Crippen molar-refractivity contribution in [2.24, 2.45) is 0 Å². The summed E-state index contributed by atoms with van der Waals surface area (Å²) in [6.07, 6.45) is 0. The van der Waals surface area contributed by atoms with Gasteiger partial charge in [0.15, 0.2) is 0 Å². The van der Waals surface area contributed by atoms with E-state index in [4.69, 9.17) is 4.42 Å². The van der Waals surface area contributed by atoms with Crippen molar-refractivity contribution in [1.29, 1.82) is 0 Å². The molecule has 7 rings (SSSR count). The highest BCUT2D eigenvalue weighted by atomic mass is 32.1. The van der Waals surface area contributed by atoms with E-state index in [0.29, 0.717) is 0 Å². The first-order valence-electron chi connectivity index (χ1n) is 9.05. The molecule has 0 fully saturated rings. The minimum absolute atomic E-state index is 0.948. The Kier molecular flexibility index (Phi) is 2.41. The van der Waals surface area contributed by atoms with Crippen molar-refractivity contribution in [1.82, 2.24) is 4.98 Å². The van der Waals surface area contributed by atoms with E-state index in [1.807, 2.05) is 17.4 Å². The number of aromatic amines is 1. The van der Waals surface area contributed by atoms with Gasteiger partial charge in [-0.3, -0.25) is 0 Å². The molecule has 1 N–H and O–H groups in total. The van der Waals surface area contributed by atoms with Gasteiger partial charge in [-0.15, -0.1) is 11.3 Å². The van der Waals surface area contributed by atoms with Crippen molar-refractivity contribution in [3.8, 4) is 0 Å². The predicted octanol–water partition coefficient (Wildman–Crippen LogP) is 7.59. The Hall–Kier alpha value is -3.30. The number of H-pyrrole nitrogens is 1. The van der Waals surface area contributed by atoms with Crippen LogP contribution < -0.4 is 0 Å². The van der Waals surface area contributed by atoms with Gasteiger partial charge in [0.25, 0.3) is 0 Å². The van der Waals surface area contributed by atoms with Crippen LogP contribution in [0.3, 0.4) is 0 Å². The molecule has 0 aliphatic heterocycles. The van der Waals surface area contributed by atoms with Crippen molar-refractivity contribution in [3.05, 3.63) is 72.8 Å². The zero-order valence-corrected chi connectivity index (χ0v) is 15.1. The summed E-state index contributed by atoms with van der Waals surface area (Å²) < 4.78 is 9.03. The van der Waals surface area contributed by atoms with Crippen LogP contribution in [0, 0.1) is 0 Å². The lowest BCUT2D eigenvalue weighted by Gasteiger charge is -1.99. The molecular formula is C24H13NOS. The Morgan fingerprint density at radius 1 is 0.667 bits per heavy atom. The fraction of sp³-hybridized carbons (Fsp3) is 0. The standard InChI is InChI=1S/C24H13NOS/c1-4-10-16-13(7-1)19-22(25-16)20-15-9-3-6-12-18(15)27-24(20)21-14-8-2-5-11-17(14)26-23(19)21/h1-12,25H. The molecule has 126 valence electrons. The van der Waals surface area contributed by atoms with E-state index in [2.05, 4.69) is 71.7 Å². The molecule has 0 saturated heterocycles. The Morgan fingerprint density at radius 3 is 2.33 bits per heavy atom. The van der Waals surface area contributed by atoms with E-state index < -0.39 is 0 Å². The number of thiophene rings is 1. The molecule has 7 aromatic rings. The molecule has 0 atom stereocenters. The zero-order valence-electron chi connectivity index (χ0n) is 14.2. The number of nitrogens with one attached hydrogen (secondary N) is 1. The van der Waals surface area contributed by atoms with E-state index in [1.165, 1.54) is 47.2 Å². The maximum atomic E-state index is 6.42. The van der Waals surface area contributed by atoms with Gasteiger partial charge < -0.3 is 9.40 Å². The highest BCUT2D eigenvalue weighted by Gasteiger charge is 2.21. The first-order chi connectivity index (χ1) is 13.4. The lowest BCUT2D eigenvalue weighted by molar-refractivity contribution is 0.673. The summed E-state index contributed by atoms with van der Waals surface area (Å²) in [7, 11) is 0. The molecule has 0 amide bonds. The van der Waals surface area contributed by atoms with Crippen LogP contribution in [-0.2, 0) is 0 Å². The molecule has 27 heavy (non-hydrogen) atoms. The molecule has 2 nitrogen and oxygen atoms in total. The second kappa shape index (κ2) is 4.70. The molecule has 3 heteroatoms. The third kappa shape index (κ3) is 1.61. The minimum atomic E-state index is 0.948. The average molecular weight is 363 g/mol. The molecule has 0 bridgehead atoms. The van der Waals surface area contributed by atoms with Gasteiger partial charge in [-0.2, -0.15) is 0 Å². The topological polar surface area (TPSA) is 28.9 Å². The van der Waals surface area contributed by atoms with Gasteiger partial charge in [-0.1, -0.05) is 54.6 Å². The number of para-hydroxylation sites is 2. The zero-order chi connectivity index (χ0) is 17.5. The van der Waals surface area contributed by atoms with Gasteiger partial charge in [0.05, 0.1) is 10.9 Å². The maximum absolute atomic E-state index is 6.42.